The van der Waals surface area contributed by atoms with Gasteiger partial charge in [0.15, 0.2) is 11.5 Å². The minimum atomic E-state index is -0.434. The fourth-order valence-corrected chi connectivity index (χ4v) is 6.48. The number of aromatic nitrogens is 2. The molecule has 2 aliphatic heterocycles. The molecule has 0 spiro atoms. The zero-order valence-electron chi connectivity index (χ0n) is 23.2. The molecule has 3 heterocycles. The highest BCUT2D eigenvalue weighted by Gasteiger charge is 2.40. The number of amides is 2. The van der Waals surface area contributed by atoms with Crippen LogP contribution in [0.3, 0.4) is 0 Å². The van der Waals surface area contributed by atoms with Gasteiger partial charge in [-0.15, -0.1) is 11.8 Å². The SMILES string of the molecule is CC(C)(C)c1nn(-c2ccccc2Cl)c2c1C(c1ccc3c(c1)OCO3)SCC(=O)N2CC(=O)Nc1ccc(F)cc1. The molecule has 216 valence electrons. The van der Waals surface area contributed by atoms with Gasteiger partial charge in [0, 0.05) is 16.7 Å². The molecule has 0 aliphatic carbocycles. The number of anilines is 2. The lowest BCUT2D eigenvalue weighted by atomic mass is 9.87. The third-order valence-corrected chi connectivity index (χ3v) is 8.58. The number of hydrogen-bond acceptors (Lipinski definition) is 6. The van der Waals surface area contributed by atoms with Crippen molar-refractivity contribution in [2.75, 3.05) is 29.3 Å². The Balaban J connectivity index is 1.53. The third-order valence-electron chi connectivity index (χ3n) is 7.01. The van der Waals surface area contributed by atoms with E-state index in [1.165, 1.54) is 40.9 Å². The number of rotatable bonds is 5. The summed E-state index contributed by atoms with van der Waals surface area (Å²) in [7, 11) is 0. The van der Waals surface area contributed by atoms with Gasteiger partial charge in [0.1, 0.15) is 18.2 Å². The molecule has 42 heavy (non-hydrogen) atoms. The third kappa shape index (κ3) is 5.32. The summed E-state index contributed by atoms with van der Waals surface area (Å²) in [4.78, 5) is 28.7. The van der Waals surface area contributed by atoms with E-state index in [4.69, 9.17) is 26.2 Å². The molecule has 0 radical (unpaired) electrons. The van der Waals surface area contributed by atoms with Gasteiger partial charge >= 0.3 is 0 Å². The standard InChI is InChI=1S/C31H28ClFN4O4S/c1-31(2,3)29-27-28(18-8-13-23-24(14-18)41-17-40-23)42-16-26(39)36(15-25(38)34-20-11-9-19(33)10-12-20)30(27)37(35-29)22-7-5-4-6-21(22)32/h4-14,28H,15-17H2,1-3H3,(H,34,38). The second-order valence-corrected chi connectivity index (χ2v) is 12.5. The van der Waals surface area contributed by atoms with E-state index in [1.54, 1.807) is 10.7 Å². The van der Waals surface area contributed by atoms with Crippen LogP contribution in [0.4, 0.5) is 15.9 Å². The number of halogens is 2. The van der Waals surface area contributed by atoms with Crippen LogP contribution in [0.1, 0.15) is 42.8 Å². The van der Waals surface area contributed by atoms with Gasteiger partial charge in [-0.2, -0.15) is 5.10 Å². The second-order valence-electron chi connectivity index (χ2n) is 11.0. The number of benzene rings is 3. The Kier molecular flexibility index (Phi) is 7.36. The molecule has 11 heteroatoms. The maximum atomic E-state index is 13.9. The van der Waals surface area contributed by atoms with Crippen LogP contribution >= 0.6 is 23.4 Å². The van der Waals surface area contributed by atoms with Crippen LogP contribution < -0.4 is 19.7 Å². The maximum absolute atomic E-state index is 13.9. The lowest BCUT2D eigenvalue weighted by Crippen LogP contribution is -2.40. The molecular formula is C31H28ClFN4O4S. The van der Waals surface area contributed by atoms with Gasteiger partial charge in [0.05, 0.1) is 27.4 Å². The van der Waals surface area contributed by atoms with Crippen LogP contribution in [0.15, 0.2) is 66.7 Å². The zero-order valence-corrected chi connectivity index (χ0v) is 24.8. The smallest absolute Gasteiger partial charge is 0.244 e. The molecule has 1 N–H and O–H groups in total. The average Bonchev–Trinajstić information content (AvgIpc) is 3.55. The topological polar surface area (TPSA) is 85.7 Å². The number of para-hydroxylation sites is 1. The van der Waals surface area contributed by atoms with Crippen molar-refractivity contribution < 1.29 is 23.5 Å². The Morgan fingerprint density at radius 1 is 1.10 bits per heavy atom. The first-order valence-corrected chi connectivity index (χ1v) is 14.8. The highest BCUT2D eigenvalue weighted by Crippen LogP contribution is 2.50. The van der Waals surface area contributed by atoms with Crippen molar-refractivity contribution in [1.29, 1.82) is 0 Å². The Morgan fingerprint density at radius 2 is 1.83 bits per heavy atom. The molecule has 1 atom stereocenters. The molecule has 6 rings (SSSR count). The Hall–Kier alpha value is -4.02. The molecule has 2 amide bonds. The molecule has 0 fully saturated rings. The van der Waals surface area contributed by atoms with Gasteiger partial charge in [-0.1, -0.05) is 50.6 Å². The Labute approximate surface area is 251 Å². The van der Waals surface area contributed by atoms with Crippen molar-refractivity contribution in [1.82, 2.24) is 9.78 Å². The second kappa shape index (κ2) is 11.0. The number of fused-ring (bicyclic) bond motifs is 2. The molecule has 2 aliphatic rings. The van der Waals surface area contributed by atoms with E-state index < -0.39 is 17.1 Å². The minimum absolute atomic E-state index is 0.115. The van der Waals surface area contributed by atoms with Crippen molar-refractivity contribution in [2.24, 2.45) is 0 Å². The molecule has 0 saturated heterocycles. The molecule has 0 saturated carbocycles. The summed E-state index contributed by atoms with van der Waals surface area (Å²) < 4.78 is 26.3. The number of nitrogens with zero attached hydrogens (tertiary/aromatic N) is 3. The van der Waals surface area contributed by atoms with E-state index in [1.807, 2.05) is 36.4 Å². The first-order chi connectivity index (χ1) is 20.1. The first-order valence-electron chi connectivity index (χ1n) is 13.4. The highest BCUT2D eigenvalue weighted by molar-refractivity contribution is 8.00. The summed E-state index contributed by atoms with van der Waals surface area (Å²) in [5, 5.41) is 7.98. The van der Waals surface area contributed by atoms with Crippen molar-refractivity contribution in [3.63, 3.8) is 0 Å². The van der Waals surface area contributed by atoms with Crippen LogP contribution in [-0.4, -0.2) is 40.7 Å². The van der Waals surface area contributed by atoms with Gasteiger partial charge in [-0.05, 0) is 54.1 Å². The van der Waals surface area contributed by atoms with Gasteiger partial charge in [0.25, 0.3) is 0 Å². The van der Waals surface area contributed by atoms with Crippen molar-refractivity contribution in [3.8, 4) is 17.2 Å². The Bertz CT molecular complexity index is 1690. The number of hydrogen-bond donors (Lipinski definition) is 1. The van der Waals surface area contributed by atoms with E-state index in [2.05, 4.69) is 26.1 Å². The number of thioether (sulfide) groups is 1. The van der Waals surface area contributed by atoms with E-state index >= 15 is 0 Å². The van der Waals surface area contributed by atoms with Gasteiger partial charge < -0.3 is 14.8 Å². The monoisotopic (exact) mass is 606 g/mol. The van der Waals surface area contributed by atoms with Gasteiger partial charge in [0.2, 0.25) is 18.6 Å². The summed E-state index contributed by atoms with van der Waals surface area (Å²) in [5.74, 6) is 0.783. The van der Waals surface area contributed by atoms with Crippen molar-refractivity contribution in [2.45, 2.75) is 31.4 Å². The van der Waals surface area contributed by atoms with Crippen LogP contribution in [0, 0.1) is 5.82 Å². The van der Waals surface area contributed by atoms with Crippen molar-refractivity contribution in [3.05, 3.63) is 94.4 Å². The van der Waals surface area contributed by atoms with Gasteiger partial charge in [-0.25, -0.2) is 9.07 Å². The summed E-state index contributed by atoms with van der Waals surface area (Å²) in [6.07, 6.45) is 0. The predicted molar refractivity (Wildman–Crippen MR) is 162 cm³/mol. The summed E-state index contributed by atoms with van der Waals surface area (Å²) in [6, 6.07) is 18.5. The molecule has 8 nitrogen and oxygen atoms in total. The molecule has 0 bridgehead atoms. The molecular weight excluding hydrogens is 579 g/mol. The lowest BCUT2D eigenvalue weighted by molar-refractivity contribution is -0.120. The van der Waals surface area contributed by atoms with E-state index in [-0.39, 0.29) is 30.2 Å². The average molecular weight is 607 g/mol. The number of carbonyl (C=O) groups is 2. The maximum Gasteiger partial charge on any atom is 0.244 e. The molecule has 1 aromatic heterocycles. The highest BCUT2D eigenvalue weighted by atomic mass is 35.5. The van der Waals surface area contributed by atoms with Crippen LogP contribution in [0.25, 0.3) is 5.69 Å². The molecule has 4 aromatic rings. The molecule has 3 aromatic carbocycles. The van der Waals surface area contributed by atoms with E-state index in [9.17, 15) is 14.0 Å². The van der Waals surface area contributed by atoms with E-state index in [0.717, 1.165) is 16.8 Å². The number of nitrogens with one attached hydrogen (secondary N) is 1. The zero-order chi connectivity index (χ0) is 29.6. The van der Waals surface area contributed by atoms with Crippen LogP contribution in [-0.2, 0) is 15.0 Å². The number of ether oxygens (including phenoxy) is 2. The summed E-state index contributed by atoms with van der Waals surface area (Å²) >= 11 is 8.15. The lowest BCUT2D eigenvalue weighted by Gasteiger charge is -2.24. The quantitative estimate of drug-likeness (QED) is 0.279. The normalized spacial score (nSPS) is 16.3. The van der Waals surface area contributed by atoms with Crippen LogP contribution in [0.2, 0.25) is 5.02 Å². The Morgan fingerprint density at radius 3 is 2.57 bits per heavy atom. The fourth-order valence-electron chi connectivity index (χ4n) is 5.08. The van der Waals surface area contributed by atoms with Crippen molar-refractivity contribution >= 4 is 46.7 Å². The summed E-state index contributed by atoms with van der Waals surface area (Å²) in [6.45, 7) is 6.05. The van der Waals surface area contributed by atoms with Gasteiger partial charge in [-0.3, -0.25) is 14.5 Å². The van der Waals surface area contributed by atoms with Crippen LogP contribution in [0.5, 0.6) is 11.5 Å². The van der Waals surface area contributed by atoms with E-state index in [0.29, 0.717) is 33.7 Å². The largest absolute Gasteiger partial charge is 0.454 e. The number of carbonyl (C=O) groups excluding carboxylic acids is 2. The summed E-state index contributed by atoms with van der Waals surface area (Å²) in [5.41, 5.74) is 3.07. The first kappa shape index (κ1) is 28.1. The fraction of sp³-hybridized carbons (Fsp3) is 0.258. The predicted octanol–water partition coefficient (Wildman–Crippen LogP) is 6.50. The minimum Gasteiger partial charge on any atom is -0.454 e. The molecule has 1 unspecified atom stereocenters.